The topological polar surface area (TPSA) is 83.6 Å². The first-order valence-electron chi connectivity index (χ1n) is 9.88. The second kappa shape index (κ2) is 7.92. The molecule has 1 amide bonds. The average Bonchev–Trinajstić information content (AvgIpc) is 3.26. The van der Waals surface area contributed by atoms with Crippen LogP contribution in [-0.4, -0.2) is 26.1 Å². The van der Waals surface area contributed by atoms with E-state index >= 15 is 0 Å². The summed E-state index contributed by atoms with van der Waals surface area (Å²) in [6.07, 6.45) is 8.53. The minimum atomic E-state index is -0.457. The number of benzene rings is 1. The summed E-state index contributed by atoms with van der Waals surface area (Å²) in [4.78, 5) is 22.0. The Balaban J connectivity index is 1.54. The third-order valence-electron chi connectivity index (χ3n) is 5.67. The van der Waals surface area contributed by atoms with Crippen LogP contribution >= 0.6 is 0 Å². The smallest absolute Gasteiger partial charge is 0.231 e. The number of carbonyl (C=O) groups excluding carboxylic acids is 1. The van der Waals surface area contributed by atoms with Crippen molar-refractivity contribution in [3.05, 3.63) is 66.2 Å². The number of rotatable bonds is 5. The van der Waals surface area contributed by atoms with Crippen molar-refractivity contribution in [2.45, 2.75) is 50.5 Å². The van der Waals surface area contributed by atoms with Gasteiger partial charge in [0.05, 0.1) is 11.5 Å². The standard InChI is InChI=1S/C22H25N5O/c1-16(19-25-20(27-26-19)17-10-14-23-15-11-17)24-21(28)22(12-6-3-7-13-22)18-8-4-2-5-9-18/h2,4-5,8-11,14-16H,3,6-7,12-13H2,1H3,(H,24,28)(H,25,26,27)/t16-/m1/s1. The Bertz CT molecular complexity index is 916. The molecule has 28 heavy (non-hydrogen) atoms. The van der Waals surface area contributed by atoms with Gasteiger partial charge in [-0.15, -0.1) is 0 Å². The van der Waals surface area contributed by atoms with Crippen molar-refractivity contribution in [3.63, 3.8) is 0 Å². The second-order valence-corrected chi connectivity index (χ2v) is 7.48. The number of hydrogen-bond acceptors (Lipinski definition) is 4. The van der Waals surface area contributed by atoms with Crippen molar-refractivity contribution in [1.29, 1.82) is 0 Å². The molecule has 1 saturated carbocycles. The summed E-state index contributed by atoms with van der Waals surface area (Å²) in [5.41, 5.74) is 1.54. The summed E-state index contributed by atoms with van der Waals surface area (Å²) in [6.45, 7) is 1.94. The number of nitrogens with zero attached hydrogens (tertiary/aromatic N) is 3. The van der Waals surface area contributed by atoms with Crippen molar-refractivity contribution in [2.75, 3.05) is 0 Å². The van der Waals surface area contributed by atoms with Gasteiger partial charge in [-0.3, -0.25) is 14.9 Å². The van der Waals surface area contributed by atoms with Crippen LogP contribution in [0, 0.1) is 0 Å². The Hall–Kier alpha value is -3.02. The van der Waals surface area contributed by atoms with Crippen molar-refractivity contribution < 1.29 is 4.79 Å². The van der Waals surface area contributed by atoms with Crippen molar-refractivity contribution in [2.24, 2.45) is 0 Å². The van der Waals surface area contributed by atoms with Crippen LogP contribution in [0.5, 0.6) is 0 Å². The Morgan fingerprint density at radius 3 is 2.50 bits per heavy atom. The molecule has 0 bridgehead atoms. The Morgan fingerprint density at radius 2 is 1.79 bits per heavy atom. The van der Waals surface area contributed by atoms with Gasteiger partial charge in [-0.25, -0.2) is 4.98 Å². The summed E-state index contributed by atoms with van der Waals surface area (Å²) < 4.78 is 0. The lowest BCUT2D eigenvalue weighted by atomic mass is 9.68. The lowest BCUT2D eigenvalue weighted by molar-refractivity contribution is -0.128. The van der Waals surface area contributed by atoms with E-state index < -0.39 is 5.41 Å². The predicted molar refractivity (Wildman–Crippen MR) is 107 cm³/mol. The van der Waals surface area contributed by atoms with E-state index in [1.165, 1.54) is 6.42 Å². The van der Waals surface area contributed by atoms with Crippen LogP contribution in [0.3, 0.4) is 0 Å². The molecule has 2 N–H and O–H groups in total. The number of carbonyl (C=O) groups is 1. The maximum Gasteiger partial charge on any atom is 0.231 e. The molecule has 0 unspecified atom stereocenters. The number of pyridine rings is 1. The zero-order valence-electron chi connectivity index (χ0n) is 16.1. The molecule has 1 aliphatic rings. The van der Waals surface area contributed by atoms with Crippen LogP contribution in [0.4, 0.5) is 0 Å². The summed E-state index contributed by atoms with van der Waals surface area (Å²) >= 11 is 0. The van der Waals surface area contributed by atoms with Crippen molar-refractivity contribution >= 4 is 5.91 Å². The summed E-state index contributed by atoms with van der Waals surface area (Å²) in [7, 11) is 0. The monoisotopic (exact) mass is 375 g/mol. The van der Waals surface area contributed by atoms with Crippen LogP contribution in [-0.2, 0) is 10.2 Å². The quantitative estimate of drug-likeness (QED) is 0.707. The molecule has 1 aliphatic carbocycles. The Kier molecular flexibility index (Phi) is 5.19. The lowest BCUT2D eigenvalue weighted by Crippen LogP contribution is -2.46. The maximum atomic E-state index is 13.4. The highest BCUT2D eigenvalue weighted by molar-refractivity contribution is 5.88. The highest BCUT2D eigenvalue weighted by Crippen LogP contribution is 2.40. The fourth-order valence-electron chi connectivity index (χ4n) is 4.06. The molecule has 0 aliphatic heterocycles. The van der Waals surface area contributed by atoms with Gasteiger partial charge in [0.15, 0.2) is 5.82 Å². The minimum Gasteiger partial charge on any atom is -0.346 e. The van der Waals surface area contributed by atoms with Gasteiger partial charge in [0.25, 0.3) is 0 Å². The SMILES string of the molecule is C[C@@H](NC(=O)C1(c2ccccc2)CCCCC1)c1nc(-c2ccncc2)n[nH]1. The van der Waals surface area contributed by atoms with Crippen LogP contribution in [0.1, 0.15) is 56.5 Å². The molecular formula is C22H25N5O. The largest absolute Gasteiger partial charge is 0.346 e. The molecule has 4 rings (SSSR count). The summed E-state index contributed by atoms with van der Waals surface area (Å²) in [6, 6.07) is 13.6. The molecule has 1 atom stereocenters. The molecule has 3 aromatic rings. The Labute approximate surface area is 164 Å². The molecular weight excluding hydrogens is 350 g/mol. The summed E-state index contributed by atoms with van der Waals surface area (Å²) in [5, 5.41) is 10.4. The van der Waals surface area contributed by atoms with E-state index in [0.717, 1.165) is 36.8 Å². The van der Waals surface area contributed by atoms with Gasteiger partial charge in [0, 0.05) is 18.0 Å². The first kappa shape index (κ1) is 18.3. The zero-order chi connectivity index (χ0) is 19.4. The van der Waals surface area contributed by atoms with E-state index in [4.69, 9.17) is 0 Å². The highest BCUT2D eigenvalue weighted by Gasteiger charge is 2.41. The van der Waals surface area contributed by atoms with Gasteiger partial charge in [0.1, 0.15) is 5.82 Å². The molecule has 0 spiro atoms. The van der Waals surface area contributed by atoms with E-state index in [2.05, 4.69) is 37.6 Å². The molecule has 1 aromatic carbocycles. The highest BCUT2D eigenvalue weighted by atomic mass is 16.2. The minimum absolute atomic E-state index is 0.0766. The van der Waals surface area contributed by atoms with Crippen LogP contribution in [0.25, 0.3) is 11.4 Å². The first-order valence-corrected chi connectivity index (χ1v) is 9.88. The predicted octanol–water partition coefficient (Wildman–Crippen LogP) is 3.95. The molecule has 144 valence electrons. The van der Waals surface area contributed by atoms with E-state index in [0.29, 0.717) is 11.6 Å². The van der Waals surface area contributed by atoms with E-state index in [1.54, 1.807) is 12.4 Å². The van der Waals surface area contributed by atoms with Gasteiger partial charge >= 0.3 is 0 Å². The van der Waals surface area contributed by atoms with Gasteiger partial charge in [-0.1, -0.05) is 49.6 Å². The number of nitrogens with one attached hydrogen (secondary N) is 2. The molecule has 2 heterocycles. The average molecular weight is 375 g/mol. The third-order valence-corrected chi connectivity index (χ3v) is 5.67. The zero-order valence-corrected chi connectivity index (χ0v) is 16.1. The molecule has 6 heteroatoms. The van der Waals surface area contributed by atoms with Gasteiger partial charge in [-0.05, 0) is 37.5 Å². The van der Waals surface area contributed by atoms with Gasteiger partial charge in [-0.2, -0.15) is 5.10 Å². The molecule has 0 radical (unpaired) electrons. The molecule has 0 saturated heterocycles. The fraction of sp³-hybridized carbons (Fsp3) is 0.364. The fourth-order valence-corrected chi connectivity index (χ4v) is 4.06. The number of amides is 1. The molecule has 6 nitrogen and oxygen atoms in total. The summed E-state index contributed by atoms with van der Waals surface area (Å²) in [5.74, 6) is 1.33. The van der Waals surface area contributed by atoms with Crippen LogP contribution < -0.4 is 5.32 Å². The van der Waals surface area contributed by atoms with E-state index in [1.807, 2.05) is 37.3 Å². The lowest BCUT2D eigenvalue weighted by Gasteiger charge is -2.37. The third kappa shape index (κ3) is 3.54. The normalized spacial score (nSPS) is 17.0. The van der Waals surface area contributed by atoms with Crippen LogP contribution in [0.2, 0.25) is 0 Å². The number of aromatic amines is 1. The van der Waals surface area contributed by atoms with Crippen LogP contribution in [0.15, 0.2) is 54.9 Å². The van der Waals surface area contributed by atoms with Gasteiger partial charge in [0.2, 0.25) is 5.91 Å². The van der Waals surface area contributed by atoms with Crippen molar-refractivity contribution in [3.8, 4) is 11.4 Å². The van der Waals surface area contributed by atoms with Gasteiger partial charge < -0.3 is 5.32 Å². The Morgan fingerprint density at radius 1 is 1.07 bits per heavy atom. The number of aromatic nitrogens is 4. The first-order chi connectivity index (χ1) is 13.7. The second-order valence-electron chi connectivity index (χ2n) is 7.48. The van der Waals surface area contributed by atoms with Crippen molar-refractivity contribution in [1.82, 2.24) is 25.5 Å². The van der Waals surface area contributed by atoms with E-state index in [-0.39, 0.29) is 11.9 Å². The molecule has 2 aromatic heterocycles. The number of hydrogen-bond donors (Lipinski definition) is 2. The van der Waals surface area contributed by atoms with E-state index in [9.17, 15) is 4.79 Å². The molecule has 1 fully saturated rings. The maximum absolute atomic E-state index is 13.4. The number of H-pyrrole nitrogens is 1.